The molecule has 0 radical (unpaired) electrons. The van der Waals surface area contributed by atoms with Crippen LogP contribution < -0.4 is 0 Å². The van der Waals surface area contributed by atoms with E-state index >= 15 is 0 Å². The largest absolute Gasteiger partial charge is 0.476 e. The second-order valence-corrected chi connectivity index (χ2v) is 9.93. The van der Waals surface area contributed by atoms with Gasteiger partial charge in [-0.2, -0.15) is 5.10 Å². The van der Waals surface area contributed by atoms with Crippen molar-refractivity contribution in [1.82, 2.24) is 20.1 Å². The summed E-state index contributed by atoms with van der Waals surface area (Å²) in [5, 5.41) is 18.5. The minimum atomic E-state index is -1.09. The Hall–Kier alpha value is -3.27. The Morgan fingerprint density at radius 1 is 1.21 bits per heavy atom. The SMILES string of the molecule is CC(C)(C)OC(=O)N1CC(c2ccc(F)cc2)C(c2nc(C(=O)O)cs2)CC1c1ccn[nH]1. The topological polar surface area (TPSA) is 108 Å². The maximum atomic E-state index is 13.6. The molecule has 0 saturated carbocycles. The maximum absolute atomic E-state index is 13.6. The summed E-state index contributed by atoms with van der Waals surface area (Å²) in [6.45, 7) is 5.72. The molecular formula is C23H25FN4O4S. The molecule has 1 aliphatic rings. The smallest absolute Gasteiger partial charge is 0.410 e. The molecule has 1 aromatic carbocycles. The zero-order chi connectivity index (χ0) is 23.8. The first-order valence-electron chi connectivity index (χ1n) is 10.6. The Kier molecular flexibility index (Phi) is 6.20. The summed E-state index contributed by atoms with van der Waals surface area (Å²) >= 11 is 1.28. The van der Waals surface area contributed by atoms with Crippen molar-refractivity contribution in [2.75, 3.05) is 6.54 Å². The molecule has 4 rings (SSSR count). The van der Waals surface area contributed by atoms with E-state index in [1.54, 1.807) is 23.2 Å². The number of benzene rings is 1. The summed E-state index contributed by atoms with van der Waals surface area (Å²) in [4.78, 5) is 30.7. The predicted molar refractivity (Wildman–Crippen MR) is 120 cm³/mol. The van der Waals surface area contributed by atoms with Crippen LogP contribution in [0.2, 0.25) is 0 Å². The van der Waals surface area contributed by atoms with Gasteiger partial charge in [0.1, 0.15) is 11.4 Å². The molecule has 10 heteroatoms. The van der Waals surface area contributed by atoms with Crippen molar-refractivity contribution in [2.24, 2.45) is 0 Å². The number of piperidine rings is 1. The third-order valence-corrected chi connectivity index (χ3v) is 6.57. The number of aromatic carboxylic acids is 1. The number of carboxylic acid groups (broad SMARTS) is 1. The molecule has 174 valence electrons. The van der Waals surface area contributed by atoms with Crippen LogP contribution >= 0.6 is 11.3 Å². The van der Waals surface area contributed by atoms with Crippen LogP contribution in [0.5, 0.6) is 0 Å². The van der Waals surface area contributed by atoms with Gasteiger partial charge in [0.05, 0.1) is 16.7 Å². The molecule has 8 nitrogen and oxygen atoms in total. The number of H-pyrrole nitrogens is 1. The number of likely N-dealkylation sites (tertiary alicyclic amines) is 1. The highest BCUT2D eigenvalue weighted by molar-refractivity contribution is 7.09. The van der Waals surface area contributed by atoms with Gasteiger partial charge in [-0.3, -0.25) is 10.00 Å². The number of hydrogen-bond acceptors (Lipinski definition) is 6. The van der Waals surface area contributed by atoms with Gasteiger partial charge in [0.15, 0.2) is 5.69 Å². The molecule has 2 N–H and O–H groups in total. The van der Waals surface area contributed by atoms with Crippen molar-refractivity contribution >= 4 is 23.4 Å². The minimum Gasteiger partial charge on any atom is -0.476 e. The van der Waals surface area contributed by atoms with Crippen molar-refractivity contribution in [1.29, 1.82) is 0 Å². The van der Waals surface area contributed by atoms with Gasteiger partial charge in [-0.25, -0.2) is 19.0 Å². The molecule has 3 heterocycles. The minimum absolute atomic E-state index is 0.0134. The zero-order valence-corrected chi connectivity index (χ0v) is 19.3. The van der Waals surface area contributed by atoms with Gasteiger partial charge in [-0.1, -0.05) is 12.1 Å². The molecule has 2 aromatic heterocycles. The summed E-state index contributed by atoms with van der Waals surface area (Å²) in [6, 6.07) is 7.60. The maximum Gasteiger partial charge on any atom is 0.410 e. The second-order valence-electron chi connectivity index (χ2n) is 9.04. The first-order chi connectivity index (χ1) is 15.6. The number of nitrogens with zero attached hydrogens (tertiary/aromatic N) is 3. The normalized spacial score (nSPS) is 21.1. The molecule has 0 aliphatic carbocycles. The van der Waals surface area contributed by atoms with E-state index in [0.29, 0.717) is 11.4 Å². The Labute approximate surface area is 194 Å². The quantitative estimate of drug-likeness (QED) is 0.556. The molecule has 1 saturated heterocycles. The van der Waals surface area contributed by atoms with Crippen LogP contribution in [-0.2, 0) is 4.74 Å². The molecule has 1 amide bonds. The third kappa shape index (κ3) is 5.05. The van der Waals surface area contributed by atoms with Gasteiger partial charge < -0.3 is 9.84 Å². The monoisotopic (exact) mass is 472 g/mol. The Morgan fingerprint density at radius 2 is 1.94 bits per heavy atom. The van der Waals surface area contributed by atoms with Crippen molar-refractivity contribution in [3.8, 4) is 0 Å². The van der Waals surface area contributed by atoms with Gasteiger partial charge in [0.25, 0.3) is 0 Å². The van der Waals surface area contributed by atoms with Gasteiger partial charge in [-0.05, 0) is 51.0 Å². The van der Waals surface area contributed by atoms with Crippen LogP contribution in [0.4, 0.5) is 9.18 Å². The fourth-order valence-electron chi connectivity index (χ4n) is 4.14. The number of aromatic amines is 1. The Morgan fingerprint density at radius 3 is 2.52 bits per heavy atom. The third-order valence-electron chi connectivity index (χ3n) is 5.60. The first kappa shape index (κ1) is 22.9. The lowest BCUT2D eigenvalue weighted by atomic mass is 9.77. The number of nitrogens with one attached hydrogen (secondary N) is 1. The number of ether oxygens (including phenoxy) is 1. The number of halogens is 1. The molecule has 0 spiro atoms. The number of rotatable bonds is 4. The average molecular weight is 473 g/mol. The first-order valence-corrected chi connectivity index (χ1v) is 11.4. The summed E-state index contributed by atoms with van der Waals surface area (Å²) in [6.07, 6.45) is 1.63. The Bertz CT molecular complexity index is 1120. The summed E-state index contributed by atoms with van der Waals surface area (Å²) in [5.41, 5.74) is 0.896. The van der Waals surface area contributed by atoms with Crippen LogP contribution in [0.3, 0.4) is 0 Å². The number of thiazole rings is 1. The van der Waals surface area contributed by atoms with E-state index in [0.717, 1.165) is 11.3 Å². The summed E-state index contributed by atoms with van der Waals surface area (Å²) in [5.74, 6) is -1.87. The Balaban J connectivity index is 1.76. The van der Waals surface area contributed by atoms with Gasteiger partial charge >= 0.3 is 12.1 Å². The highest BCUT2D eigenvalue weighted by Crippen LogP contribution is 2.47. The average Bonchev–Trinajstić information content (AvgIpc) is 3.45. The van der Waals surface area contributed by atoms with E-state index in [2.05, 4.69) is 15.2 Å². The number of carbonyl (C=O) groups is 2. The summed E-state index contributed by atoms with van der Waals surface area (Å²) < 4.78 is 19.3. The number of hydrogen-bond donors (Lipinski definition) is 2. The van der Waals surface area contributed by atoms with E-state index in [9.17, 15) is 19.1 Å². The molecule has 3 unspecified atom stereocenters. The lowest BCUT2D eigenvalue weighted by Gasteiger charge is -2.43. The lowest BCUT2D eigenvalue weighted by molar-refractivity contribution is 0.00403. The highest BCUT2D eigenvalue weighted by Gasteiger charge is 2.43. The fourth-order valence-corrected chi connectivity index (χ4v) is 5.12. The number of amides is 1. The van der Waals surface area contributed by atoms with E-state index in [1.165, 1.54) is 28.8 Å². The van der Waals surface area contributed by atoms with Gasteiger partial charge in [0.2, 0.25) is 0 Å². The molecule has 1 fully saturated rings. The molecular weight excluding hydrogens is 447 g/mol. The van der Waals surface area contributed by atoms with E-state index in [-0.39, 0.29) is 35.9 Å². The van der Waals surface area contributed by atoms with E-state index in [4.69, 9.17) is 4.74 Å². The van der Waals surface area contributed by atoms with Crippen LogP contribution in [0.25, 0.3) is 0 Å². The van der Waals surface area contributed by atoms with Crippen LogP contribution in [0.1, 0.15) is 71.8 Å². The number of aromatic nitrogens is 3. The molecule has 1 aliphatic heterocycles. The van der Waals surface area contributed by atoms with E-state index in [1.807, 2.05) is 26.8 Å². The lowest BCUT2D eigenvalue weighted by Crippen LogP contribution is -2.46. The summed E-state index contributed by atoms with van der Waals surface area (Å²) in [7, 11) is 0. The van der Waals surface area contributed by atoms with Crippen molar-refractivity contribution < 1.29 is 23.8 Å². The number of carbonyl (C=O) groups excluding carboxylic acids is 1. The van der Waals surface area contributed by atoms with Crippen LogP contribution in [0, 0.1) is 5.82 Å². The molecule has 3 aromatic rings. The van der Waals surface area contributed by atoms with Gasteiger partial charge in [-0.15, -0.1) is 11.3 Å². The number of carboxylic acids is 1. The second kappa shape index (κ2) is 8.93. The molecule has 0 bridgehead atoms. The fraction of sp³-hybridized carbons (Fsp3) is 0.391. The predicted octanol–water partition coefficient (Wildman–Crippen LogP) is 4.95. The molecule has 3 atom stereocenters. The highest BCUT2D eigenvalue weighted by atomic mass is 32.1. The zero-order valence-electron chi connectivity index (χ0n) is 18.5. The molecule has 33 heavy (non-hydrogen) atoms. The standard InChI is InChI=1S/C23H25FN4O4S/c1-23(2,3)32-22(31)28-11-16(13-4-6-14(24)7-5-13)15(10-19(28)17-8-9-25-27-17)20-26-18(12-33-20)21(29)30/h4-9,12,15-16,19H,10-11H2,1-3H3,(H,25,27)(H,29,30). The van der Waals surface area contributed by atoms with E-state index < -0.39 is 17.7 Å². The van der Waals surface area contributed by atoms with Crippen molar-refractivity contribution in [3.05, 3.63) is 69.7 Å². The van der Waals surface area contributed by atoms with Crippen molar-refractivity contribution in [2.45, 2.75) is 50.7 Å². The van der Waals surface area contributed by atoms with Crippen LogP contribution in [0.15, 0.2) is 41.9 Å². The van der Waals surface area contributed by atoms with Gasteiger partial charge in [0, 0.05) is 30.0 Å². The van der Waals surface area contributed by atoms with Crippen molar-refractivity contribution in [3.63, 3.8) is 0 Å². The van der Waals surface area contributed by atoms with Crippen LogP contribution in [-0.4, -0.2) is 49.4 Å².